The molecule has 0 fully saturated rings. The summed E-state index contributed by atoms with van der Waals surface area (Å²) >= 11 is 0. The van der Waals surface area contributed by atoms with Crippen molar-refractivity contribution in [1.82, 2.24) is 0 Å². The molecule has 0 aliphatic heterocycles. The Morgan fingerprint density at radius 3 is 0.375 bits per heavy atom. The van der Waals surface area contributed by atoms with Gasteiger partial charge in [0.25, 0.3) is 0 Å². The van der Waals surface area contributed by atoms with Crippen LogP contribution in [0.4, 0.5) is 0 Å². The van der Waals surface area contributed by atoms with Gasteiger partial charge in [-0.3, -0.25) is 0 Å². The third-order valence-electron chi connectivity index (χ3n) is 0. The van der Waals surface area contributed by atoms with Gasteiger partial charge < -0.3 is 74.4 Å². The molecule has 0 aromatic rings. The van der Waals surface area contributed by atoms with E-state index in [0.717, 1.165) is 0 Å². The van der Waals surface area contributed by atoms with Crippen LogP contribution in [0.1, 0.15) is 0 Å². The molecule has 8 heteroatoms. The molecule has 0 atom stereocenters. The van der Waals surface area contributed by atoms with Crippen LogP contribution >= 0.6 is 0 Å². The predicted octanol–water partition coefficient (Wildman–Crippen LogP) is -21.0. The summed E-state index contributed by atoms with van der Waals surface area (Å²) in [6.45, 7) is 0. The molecule has 0 saturated heterocycles. The second-order valence-electron chi connectivity index (χ2n) is 0. The van der Waals surface area contributed by atoms with E-state index < -0.39 is 0 Å². The number of halogens is 6. The van der Waals surface area contributed by atoms with Crippen LogP contribution in [0.2, 0.25) is 0 Å². The van der Waals surface area contributed by atoms with E-state index in [4.69, 9.17) is 0 Å². The minimum atomic E-state index is 0. The van der Waals surface area contributed by atoms with E-state index in [1.165, 1.54) is 0 Å². The van der Waals surface area contributed by atoms with Gasteiger partial charge in [0.15, 0.2) is 0 Å². The minimum absolute atomic E-state index is 0. The third kappa shape index (κ3) is 49.6. The molecule has 0 aromatic heterocycles. The zero-order valence-electron chi connectivity index (χ0n) is 3.72. The molecule has 0 heterocycles. The van der Waals surface area contributed by atoms with Gasteiger partial charge in [0.1, 0.15) is 0 Å². The summed E-state index contributed by atoms with van der Waals surface area (Å²) in [7, 11) is 0. The van der Waals surface area contributed by atoms with E-state index in [-0.39, 0.29) is 148 Å². The molecule has 0 saturated carbocycles. The van der Waals surface area contributed by atoms with Crippen molar-refractivity contribution in [3.63, 3.8) is 0 Å². The minimum Gasteiger partial charge on any atom is -1.00 e. The molecule has 0 rings (SSSR count). The molecule has 0 N–H and O–H groups in total. The van der Waals surface area contributed by atoms with E-state index in [0.29, 0.717) is 0 Å². The standard InChI is InChI=1S/6ClH.K.Ta/h6*1H;;/q;;;;;;+1;+5/p-6. The molecular formula is Cl6KTa. The molecule has 8 heavy (non-hydrogen) atoms. The Kier molecular flexibility index (Phi) is 742. The second kappa shape index (κ2) is 67.1. The summed E-state index contributed by atoms with van der Waals surface area (Å²) in [4.78, 5) is 0. The number of hydrogen-bond acceptors (Lipinski definition) is 0. The van der Waals surface area contributed by atoms with Crippen molar-refractivity contribution in [2.45, 2.75) is 0 Å². The van der Waals surface area contributed by atoms with Crippen molar-refractivity contribution in [1.29, 1.82) is 0 Å². The van der Waals surface area contributed by atoms with Crippen LogP contribution in [0, 0.1) is 0 Å². The van der Waals surface area contributed by atoms with Crippen LogP contribution in [-0.4, -0.2) is 0 Å². The molecule has 0 aliphatic rings. The monoisotopic (exact) mass is 430 g/mol. The molecule has 0 amide bonds. The van der Waals surface area contributed by atoms with Gasteiger partial charge in [-0.15, -0.1) is 0 Å². The molecule has 0 bridgehead atoms. The normalized spacial score (nSPS) is 0. The maximum Gasteiger partial charge on any atom is 5.00 e. The fourth-order valence-corrected chi connectivity index (χ4v) is 0. The summed E-state index contributed by atoms with van der Waals surface area (Å²) in [5, 5.41) is 0. The average molecular weight is 433 g/mol. The number of hydrogen-bond donors (Lipinski definition) is 0. The van der Waals surface area contributed by atoms with Gasteiger partial charge in [-0.1, -0.05) is 0 Å². The Hall–Kier alpha value is 4.12. The van der Waals surface area contributed by atoms with Gasteiger partial charge in [-0.05, 0) is 0 Å². The van der Waals surface area contributed by atoms with Crippen LogP contribution in [0.15, 0.2) is 0 Å². The maximum absolute atomic E-state index is 0. The molecule has 0 aromatic carbocycles. The Labute approximate surface area is 145 Å². The first-order valence-corrected chi connectivity index (χ1v) is 0. The smallest absolute Gasteiger partial charge is 1.00 e. The van der Waals surface area contributed by atoms with Gasteiger partial charge in [-0.2, -0.15) is 0 Å². The van der Waals surface area contributed by atoms with Crippen LogP contribution in [0.25, 0.3) is 0 Å². The molecule has 0 unspecified atom stereocenters. The van der Waals surface area contributed by atoms with Crippen molar-refractivity contribution < 1.29 is 148 Å². The fourth-order valence-electron chi connectivity index (χ4n) is 0. The molecule has 0 aliphatic carbocycles. The SMILES string of the molecule is [Cl-].[Cl-].[Cl-].[Cl-].[Cl-].[Cl-].[K+].[Ta+5]. The Balaban J connectivity index is 0. The van der Waals surface area contributed by atoms with E-state index in [1.54, 1.807) is 0 Å². The van der Waals surface area contributed by atoms with Crippen molar-refractivity contribution in [2.75, 3.05) is 0 Å². The average Bonchev–Trinajstić information content (AvgIpc) is 0. The zero-order valence-corrected chi connectivity index (χ0v) is 14.6. The van der Waals surface area contributed by atoms with Crippen LogP contribution in [-0.2, 0) is 22.4 Å². The van der Waals surface area contributed by atoms with Crippen molar-refractivity contribution in [3.8, 4) is 0 Å². The van der Waals surface area contributed by atoms with Crippen LogP contribution in [0.3, 0.4) is 0 Å². The summed E-state index contributed by atoms with van der Waals surface area (Å²) in [6.07, 6.45) is 0. The Morgan fingerprint density at radius 2 is 0.375 bits per heavy atom. The summed E-state index contributed by atoms with van der Waals surface area (Å²) in [5.74, 6) is 0. The Morgan fingerprint density at radius 1 is 0.375 bits per heavy atom. The molecule has 0 nitrogen and oxygen atoms in total. The van der Waals surface area contributed by atoms with Gasteiger partial charge in [-0.25, -0.2) is 0 Å². The van der Waals surface area contributed by atoms with Crippen molar-refractivity contribution in [3.05, 3.63) is 0 Å². The predicted molar refractivity (Wildman–Crippen MR) is 0 cm³/mol. The van der Waals surface area contributed by atoms with Crippen LogP contribution in [0.5, 0.6) is 0 Å². The molecule has 0 radical (unpaired) electrons. The van der Waals surface area contributed by atoms with Crippen molar-refractivity contribution >= 4 is 0 Å². The second-order valence-corrected chi connectivity index (χ2v) is 0. The van der Waals surface area contributed by atoms with Crippen molar-refractivity contribution in [2.24, 2.45) is 0 Å². The van der Waals surface area contributed by atoms with Gasteiger partial charge in [0.05, 0.1) is 0 Å². The van der Waals surface area contributed by atoms with E-state index >= 15 is 0 Å². The van der Waals surface area contributed by atoms with Gasteiger partial charge >= 0.3 is 73.8 Å². The van der Waals surface area contributed by atoms with Gasteiger partial charge in [0.2, 0.25) is 0 Å². The van der Waals surface area contributed by atoms with E-state index in [9.17, 15) is 0 Å². The molecule has 0 spiro atoms. The first-order valence-electron chi connectivity index (χ1n) is 0. The van der Waals surface area contributed by atoms with E-state index in [2.05, 4.69) is 0 Å². The summed E-state index contributed by atoms with van der Waals surface area (Å²) in [6, 6.07) is 0. The topological polar surface area (TPSA) is 0 Å². The third-order valence-corrected chi connectivity index (χ3v) is 0. The quantitative estimate of drug-likeness (QED) is 0.334. The summed E-state index contributed by atoms with van der Waals surface area (Å²) in [5.41, 5.74) is 0. The summed E-state index contributed by atoms with van der Waals surface area (Å²) < 4.78 is 0. The largest absolute Gasteiger partial charge is 5.00 e. The Bertz CT molecular complexity index is 8.49. The van der Waals surface area contributed by atoms with Gasteiger partial charge in [0, 0.05) is 0 Å². The fraction of sp³-hybridized carbons (Fsp3) is 0. The number of rotatable bonds is 0. The maximum atomic E-state index is 0. The first-order chi connectivity index (χ1) is 0. The zero-order chi connectivity index (χ0) is 0. The molecule has 48 valence electrons. The van der Waals surface area contributed by atoms with Crippen LogP contribution < -0.4 is 126 Å². The first kappa shape index (κ1) is 88.4. The molecular weight excluding hydrogens is 433 g/mol. The van der Waals surface area contributed by atoms with E-state index in [1.807, 2.05) is 0 Å².